The zero-order valence-electron chi connectivity index (χ0n) is 23.4. The lowest BCUT2D eigenvalue weighted by Gasteiger charge is -2.32. The molecule has 1 fully saturated rings. The van der Waals surface area contributed by atoms with Gasteiger partial charge in [0, 0.05) is 29.9 Å². The minimum Gasteiger partial charge on any atom is -0.351 e. The minimum absolute atomic E-state index is 0.0568. The molecule has 3 heterocycles. The number of sulfonamides is 1. The van der Waals surface area contributed by atoms with Crippen molar-refractivity contribution in [1.82, 2.24) is 29.4 Å². The summed E-state index contributed by atoms with van der Waals surface area (Å²) in [6.07, 6.45) is 7.29. The lowest BCUT2D eigenvalue weighted by molar-refractivity contribution is 0.221. The highest BCUT2D eigenvalue weighted by atomic mass is 35.5. The summed E-state index contributed by atoms with van der Waals surface area (Å²) >= 11 is 6.06. The van der Waals surface area contributed by atoms with Crippen molar-refractivity contribution in [3.8, 4) is 11.3 Å². The third-order valence-electron chi connectivity index (χ3n) is 7.31. The molecule has 4 aromatic rings. The van der Waals surface area contributed by atoms with Crippen molar-refractivity contribution in [2.45, 2.75) is 62.6 Å². The van der Waals surface area contributed by atoms with Gasteiger partial charge in [-0.05, 0) is 77.9 Å². The van der Waals surface area contributed by atoms with E-state index in [-0.39, 0.29) is 39.1 Å². The van der Waals surface area contributed by atoms with Crippen LogP contribution in [0.25, 0.3) is 22.4 Å². The number of hydrogen-bond donors (Lipinski definition) is 2. The number of nitrogens with one attached hydrogen (secondary N) is 2. The summed E-state index contributed by atoms with van der Waals surface area (Å²) < 4.78 is 29.6. The van der Waals surface area contributed by atoms with Gasteiger partial charge in [0.25, 0.3) is 15.6 Å². The second-order valence-electron chi connectivity index (χ2n) is 10.7. The molecule has 0 amide bonds. The number of halogens is 1. The summed E-state index contributed by atoms with van der Waals surface area (Å²) in [5.41, 5.74) is 1.20. The topological polar surface area (TPSA) is 135 Å². The molecule has 0 saturated heterocycles. The van der Waals surface area contributed by atoms with Gasteiger partial charge in [-0.1, -0.05) is 23.7 Å². The SMILES string of the molecule is CC(C)n1c(=O)c(-c2ccc(NS(=O)(=O)c3ccccc3Cl)nc2)nc2cnc(N[C@H]3CC[C@H](N(C)C)CC3)nc21. The molecule has 41 heavy (non-hydrogen) atoms. The number of pyridine rings is 1. The van der Waals surface area contributed by atoms with Gasteiger partial charge in [-0.25, -0.2) is 23.4 Å². The van der Waals surface area contributed by atoms with Crippen LogP contribution in [0, 0.1) is 0 Å². The first kappa shape index (κ1) is 28.9. The van der Waals surface area contributed by atoms with Crippen LogP contribution in [-0.2, 0) is 10.0 Å². The highest BCUT2D eigenvalue weighted by Gasteiger charge is 2.24. The quantitative estimate of drug-likeness (QED) is 0.300. The van der Waals surface area contributed by atoms with Gasteiger partial charge in [0.1, 0.15) is 21.9 Å². The Hall–Kier alpha value is -3.61. The molecule has 216 valence electrons. The third-order valence-corrected chi connectivity index (χ3v) is 9.17. The van der Waals surface area contributed by atoms with Crippen molar-refractivity contribution >= 4 is 44.6 Å². The van der Waals surface area contributed by atoms with Crippen molar-refractivity contribution < 1.29 is 8.42 Å². The summed E-state index contributed by atoms with van der Waals surface area (Å²) in [7, 11) is 0.284. The molecule has 0 bridgehead atoms. The molecule has 11 nitrogen and oxygen atoms in total. The van der Waals surface area contributed by atoms with E-state index in [4.69, 9.17) is 16.6 Å². The van der Waals surface area contributed by atoms with Crippen LogP contribution >= 0.6 is 11.6 Å². The first-order valence-electron chi connectivity index (χ1n) is 13.5. The fourth-order valence-electron chi connectivity index (χ4n) is 5.11. The maximum Gasteiger partial charge on any atom is 0.279 e. The smallest absolute Gasteiger partial charge is 0.279 e. The average Bonchev–Trinajstić information content (AvgIpc) is 2.93. The number of aromatic nitrogens is 5. The molecule has 3 aromatic heterocycles. The highest BCUT2D eigenvalue weighted by molar-refractivity contribution is 7.92. The van der Waals surface area contributed by atoms with E-state index < -0.39 is 10.0 Å². The second kappa shape index (κ2) is 11.7. The van der Waals surface area contributed by atoms with E-state index in [9.17, 15) is 13.2 Å². The van der Waals surface area contributed by atoms with Gasteiger partial charge in [0.05, 0.1) is 11.2 Å². The lowest BCUT2D eigenvalue weighted by Crippen LogP contribution is -2.36. The van der Waals surface area contributed by atoms with Gasteiger partial charge in [-0.3, -0.25) is 14.1 Å². The Morgan fingerprint density at radius 2 is 1.73 bits per heavy atom. The number of fused-ring (bicyclic) bond motifs is 1. The van der Waals surface area contributed by atoms with Gasteiger partial charge >= 0.3 is 0 Å². The molecule has 2 N–H and O–H groups in total. The van der Waals surface area contributed by atoms with Gasteiger partial charge < -0.3 is 10.2 Å². The molecule has 0 unspecified atom stereocenters. The zero-order valence-corrected chi connectivity index (χ0v) is 24.9. The van der Waals surface area contributed by atoms with Crippen LogP contribution in [0.15, 0.2) is 58.5 Å². The molecule has 0 aliphatic heterocycles. The first-order chi connectivity index (χ1) is 19.5. The predicted molar refractivity (Wildman–Crippen MR) is 161 cm³/mol. The molecule has 0 radical (unpaired) electrons. The molecule has 13 heteroatoms. The van der Waals surface area contributed by atoms with E-state index in [2.05, 4.69) is 44.0 Å². The van der Waals surface area contributed by atoms with Crippen LogP contribution in [0.2, 0.25) is 5.02 Å². The van der Waals surface area contributed by atoms with E-state index in [1.54, 1.807) is 29.0 Å². The average molecular weight is 597 g/mol. The van der Waals surface area contributed by atoms with E-state index in [1.807, 2.05) is 13.8 Å². The van der Waals surface area contributed by atoms with Crippen LogP contribution in [0.4, 0.5) is 11.8 Å². The van der Waals surface area contributed by atoms with Crippen molar-refractivity contribution in [2.75, 3.05) is 24.1 Å². The van der Waals surface area contributed by atoms with Crippen LogP contribution in [0.3, 0.4) is 0 Å². The number of anilines is 2. The fraction of sp³-hybridized carbons (Fsp3) is 0.393. The van der Waals surface area contributed by atoms with Crippen LogP contribution in [0.5, 0.6) is 0 Å². The molecule has 1 aromatic carbocycles. The van der Waals surface area contributed by atoms with Crippen molar-refractivity contribution in [3.63, 3.8) is 0 Å². The molecule has 0 atom stereocenters. The van der Waals surface area contributed by atoms with Gasteiger partial charge in [-0.15, -0.1) is 0 Å². The minimum atomic E-state index is -3.95. The van der Waals surface area contributed by atoms with Gasteiger partial charge in [0.15, 0.2) is 5.65 Å². The van der Waals surface area contributed by atoms with E-state index in [0.717, 1.165) is 25.7 Å². The fourth-order valence-corrected chi connectivity index (χ4v) is 6.64. The highest BCUT2D eigenvalue weighted by Crippen LogP contribution is 2.26. The van der Waals surface area contributed by atoms with Gasteiger partial charge in [-0.2, -0.15) is 4.98 Å². The lowest BCUT2D eigenvalue weighted by atomic mass is 9.91. The normalized spacial score (nSPS) is 17.7. The van der Waals surface area contributed by atoms with E-state index in [1.165, 1.54) is 24.4 Å². The van der Waals surface area contributed by atoms with Crippen molar-refractivity contribution in [2.24, 2.45) is 0 Å². The Kier molecular flexibility index (Phi) is 8.25. The molecule has 1 saturated carbocycles. The number of nitrogens with zero attached hydrogens (tertiary/aromatic N) is 6. The molecule has 1 aliphatic rings. The second-order valence-corrected chi connectivity index (χ2v) is 12.8. The van der Waals surface area contributed by atoms with E-state index >= 15 is 0 Å². The monoisotopic (exact) mass is 596 g/mol. The zero-order chi connectivity index (χ0) is 29.3. The predicted octanol–water partition coefficient (Wildman–Crippen LogP) is 4.57. The molecular formula is C28H33ClN8O3S. The van der Waals surface area contributed by atoms with Gasteiger partial charge in [0.2, 0.25) is 5.95 Å². The summed E-state index contributed by atoms with van der Waals surface area (Å²) in [6, 6.07) is 9.87. The number of rotatable bonds is 8. The van der Waals surface area contributed by atoms with E-state index in [0.29, 0.717) is 28.7 Å². The summed E-state index contributed by atoms with van der Waals surface area (Å²) in [5, 5.41) is 3.55. The Labute approximate surface area is 244 Å². The van der Waals surface area contributed by atoms with Crippen LogP contribution < -0.4 is 15.6 Å². The first-order valence-corrected chi connectivity index (χ1v) is 15.4. The standard InChI is InChI=1S/C28H33ClN8O3S/c1-17(2)37-26-22(16-31-28(34-26)32-19-10-12-20(13-11-19)36(3)4)33-25(27(37)38)18-9-14-24(30-15-18)35-41(39,40)23-8-6-5-7-21(23)29/h5-9,14-17,19-20H,10-13H2,1-4H3,(H,30,35)(H,31,32,34)/t19-,20-. The molecule has 5 rings (SSSR count). The molecule has 0 spiro atoms. The summed E-state index contributed by atoms with van der Waals surface area (Å²) in [5.74, 6) is 0.559. The Bertz CT molecular complexity index is 1720. The number of hydrogen-bond acceptors (Lipinski definition) is 9. The third kappa shape index (κ3) is 6.19. The van der Waals surface area contributed by atoms with Crippen molar-refractivity contribution in [3.05, 3.63) is 64.2 Å². The Morgan fingerprint density at radius 3 is 2.37 bits per heavy atom. The molecular weight excluding hydrogens is 564 g/mol. The van der Waals surface area contributed by atoms with Crippen LogP contribution in [0.1, 0.15) is 45.6 Å². The Morgan fingerprint density at radius 1 is 1.00 bits per heavy atom. The Balaban J connectivity index is 1.41. The largest absolute Gasteiger partial charge is 0.351 e. The van der Waals surface area contributed by atoms with Crippen molar-refractivity contribution in [1.29, 1.82) is 0 Å². The maximum absolute atomic E-state index is 13.6. The maximum atomic E-state index is 13.6. The number of benzene rings is 1. The summed E-state index contributed by atoms with van der Waals surface area (Å²) in [6.45, 7) is 3.82. The molecule has 1 aliphatic carbocycles. The van der Waals surface area contributed by atoms with Crippen LogP contribution in [-0.4, -0.2) is 64.0 Å². The summed E-state index contributed by atoms with van der Waals surface area (Å²) in [4.78, 5) is 33.8.